The molecule has 126 valence electrons. The first-order chi connectivity index (χ1) is 12.0. The average Bonchev–Trinajstić information content (AvgIpc) is 3.08. The number of hydrogen-bond acceptors (Lipinski definition) is 6. The van der Waals surface area contributed by atoms with Gasteiger partial charge in [-0.15, -0.1) is 11.3 Å². The predicted octanol–water partition coefficient (Wildman–Crippen LogP) is 3.29. The van der Waals surface area contributed by atoms with Crippen molar-refractivity contribution in [2.75, 3.05) is 0 Å². The molecular formula is C18H15N3O3S. The molecule has 0 spiro atoms. The number of amides is 1. The molecule has 1 amide bonds. The number of hydrogen-bond donors (Lipinski definition) is 3. The van der Waals surface area contributed by atoms with Crippen LogP contribution in [0.15, 0.2) is 53.8 Å². The summed E-state index contributed by atoms with van der Waals surface area (Å²) in [6, 6.07) is 12.1. The van der Waals surface area contributed by atoms with Gasteiger partial charge in [-0.25, -0.2) is 10.4 Å². The summed E-state index contributed by atoms with van der Waals surface area (Å²) in [5.41, 5.74) is 5.05. The van der Waals surface area contributed by atoms with E-state index < -0.39 is 0 Å². The monoisotopic (exact) mass is 353 g/mol. The molecule has 0 aliphatic heterocycles. The molecule has 3 rings (SSSR count). The van der Waals surface area contributed by atoms with Crippen molar-refractivity contribution in [2.24, 2.45) is 5.10 Å². The molecule has 7 heteroatoms. The largest absolute Gasteiger partial charge is 0.504 e. The fraction of sp³-hybridized carbons (Fsp3) is 0.0556. The number of phenols is 2. The Morgan fingerprint density at radius 2 is 2.00 bits per heavy atom. The van der Waals surface area contributed by atoms with Gasteiger partial charge in [0.05, 0.1) is 12.4 Å². The third kappa shape index (κ3) is 3.84. The van der Waals surface area contributed by atoms with E-state index in [0.29, 0.717) is 10.4 Å². The minimum absolute atomic E-state index is 0.213. The summed E-state index contributed by atoms with van der Waals surface area (Å²) >= 11 is 1.29. The molecule has 1 aromatic heterocycles. The summed E-state index contributed by atoms with van der Waals surface area (Å²) in [5.74, 6) is -0.827. The zero-order chi connectivity index (χ0) is 17.8. The lowest BCUT2D eigenvalue weighted by atomic mass is 10.1. The molecule has 25 heavy (non-hydrogen) atoms. The number of nitrogens with zero attached hydrogens (tertiary/aromatic N) is 2. The molecule has 0 fully saturated rings. The number of carbonyl (C=O) groups is 1. The summed E-state index contributed by atoms with van der Waals surface area (Å²) in [6.07, 6.45) is 2.89. The van der Waals surface area contributed by atoms with E-state index in [4.69, 9.17) is 0 Å². The Labute approximate surface area is 148 Å². The number of phenolic OH excluding ortho intramolecular Hbond substituents is 2. The van der Waals surface area contributed by atoms with Gasteiger partial charge in [-0.05, 0) is 36.2 Å². The minimum Gasteiger partial charge on any atom is -0.504 e. The van der Waals surface area contributed by atoms with Crippen LogP contribution < -0.4 is 5.43 Å². The summed E-state index contributed by atoms with van der Waals surface area (Å²) < 4.78 is 0. The molecule has 3 N–H and O–H groups in total. The van der Waals surface area contributed by atoms with Crippen LogP contribution in [0.5, 0.6) is 11.5 Å². The second-order valence-electron chi connectivity index (χ2n) is 5.29. The van der Waals surface area contributed by atoms with Gasteiger partial charge in [-0.3, -0.25) is 4.79 Å². The summed E-state index contributed by atoms with van der Waals surface area (Å²) in [7, 11) is 0. The van der Waals surface area contributed by atoms with Crippen LogP contribution in [0.1, 0.15) is 20.8 Å². The second kappa shape index (κ2) is 7.14. The Balaban J connectivity index is 1.69. The molecule has 3 aromatic rings. The molecule has 0 saturated carbocycles. The number of nitrogens with one attached hydrogen (secondary N) is 1. The topological polar surface area (TPSA) is 94.8 Å². The lowest BCUT2D eigenvalue weighted by Gasteiger charge is -2.00. The third-order valence-corrected chi connectivity index (χ3v) is 4.51. The number of carbonyl (C=O) groups excluding carboxylic acids is 1. The van der Waals surface area contributed by atoms with Crippen molar-refractivity contribution >= 4 is 23.5 Å². The fourth-order valence-corrected chi connectivity index (χ4v) is 3.05. The van der Waals surface area contributed by atoms with Crippen LogP contribution in [0.3, 0.4) is 0 Å². The Morgan fingerprint density at radius 1 is 1.20 bits per heavy atom. The van der Waals surface area contributed by atoms with Crippen LogP contribution in [0.4, 0.5) is 0 Å². The molecule has 0 bridgehead atoms. The van der Waals surface area contributed by atoms with Crippen LogP contribution in [0, 0.1) is 6.92 Å². The van der Waals surface area contributed by atoms with Crippen LogP contribution in [0.2, 0.25) is 0 Å². The van der Waals surface area contributed by atoms with Crippen molar-refractivity contribution in [3.63, 3.8) is 0 Å². The standard InChI is InChI=1S/C18H15N3O3S/c1-11-4-2-3-5-13(11)18-19-10-16(25-18)17(24)21-20-9-12-6-7-14(22)15(23)8-12/h2-10,22-23H,1H3,(H,21,24)/b20-9+. The summed E-state index contributed by atoms with van der Waals surface area (Å²) in [4.78, 5) is 16.9. The summed E-state index contributed by atoms with van der Waals surface area (Å²) in [5, 5.41) is 23.3. The molecule has 0 aliphatic rings. The lowest BCUT2D eigenvalue weighted by molar-refractivity contribution is 0.0959. The van der Waals surface area contributed by atoms with Gasteiger partial charge < -0.3 is 10.2 Å². The van der Waals surface area contributed by atoms with Gasteiger partial charge in [0.2, 0.25) is 0 Å². The van der Waals surface area contributed by atoms with Crippen LogP contribution in [-0.2, 0) is 0 Å². The number of benzene rings is 2. The highest BCUT2D eigenvalue weighted by atomic mass is 32.1. The van der Waals surface area contributed by atoms with Crippen molar-refractivity contribution in [3.05, 3.63) is 64.7 Å². The van der Waals surface area contributed by atoms with Gasteiger partial charge in [0.25, 0.3) is 5.91 Å². The van der Waals surface area contributed by atoms with Crippen molar-refractivity contribution in [1.82, 2.24) is 10.4 Å². The maximum absolute atomic E-state index is 12.1. The second-order valence-corrected chi connectivity index (χ2v) is 6.32. The van der Waals surface area contributed by atoms with E-state index in [1.165, 1.54) is 35.9 Å². The first-order valence-corrected chi connectivity index (χ1v) is 8.23. The predicted molar refractivity (Wildman–Crippen MR) is 97.1 cm³/mol. The van der Waals surface area contributed by atoms with Crippen LogP contribution in [0.25, 0.3) is 10.6 Å². The van der Waals surface area contributed by atoms with Crippen molar-refractivity contribution in [1.29, 1.82) is 0 Å². The number of aromatic hydroxyl groups is 2. The highest BCUT2D eigenvalue weighted by Gasteiger charge is 2.12. The molecule has 0 atom stereocenters. The highest BCUT2D eigenvalue weighted by molar-refractivity contribution is 7.16. The van der Waals surface area contributed by atoms with E-state index in [9.17, 15) is 15.0 Å². The van der Waals surface area contributed by atoms with E-state index in [2.05, 4.69) is 15.5 Å². The van der Waals surface area contributed by atoms with Gasteiger partial charge in [0.15, 0.2) is 11.5 Å². The van der Waals surface area contributed by atoms with Crippen LogP contribution >= 0.6 is 11.3 Å². The third-order valence-electron chi connectivity index (χ3n) is 3.48. The molecule has 0 aliphatic carbocycles. The van der Waals surface area contributed by atoms with Crippen molar-refractivity contribution in [3.8, 4) is 22.1 Å². The normalized spacial score (nSPS) is 10.9. The zero-order valence-electron chi connectivity index (χ0n) is 13.3. The van der Waals surface area contributed by atoms with E-state index in [1.54, 1.807) is 6.07 Å². The van der Waals surface area contributed by atoms with E-state index in [1.807, 2.05) is 31.2 Å². The Bertz CT molecular complexity index is 950. The smallest absolute Gasteiger partial charge is 0.283 e. The number of hydrazone groups is 1. The van der Waals surface area contributed by atoms with Gasteiger partial charge in [-0.2, -0.15) is 5.10 Å². The Kier molecular flexibility index (Phi) is 4.76. The quantitative estimate of drug-likeness (QED) is 0.381. The Morgan fingerprint density at radius 3 is 2.76 bits per heavy atom. The lowest BCUT2D eigenvalue weighted by Crippen LogP contribution is -2.16. The molecule has 2 aromatic carbocycles. The molecule has 1 heterocycles. The van der Waals surface area contributed by atoms with Crippen LogP contribution in [-0.4, -0.2) is 27.3 Å². The van der Waals surface area contributed by atoms with Crippen molar-refractivity contribution in [2.45, 2.75) is 6.92 Å². The number of thiazole rings is 1. The molecule has 6 nitrogen and oxygen atoms in total. The van der Waals surface area contributed by atoms with E-state index >= 15 is 0 Å². The molecule has 0 unspecified atom stereocenters. The SMILES string of the molecule is Cc1ccccc1-c1ncc(C(=O)N/N=C/c2ccc(O)c(O)c2)s1. The number of rotatable bonds is 4. The van der Waals surface area contributed by atoms with Gasteiger partial charge in [0, 0.05) is 5.56 Å². The Hall–Kier alpha value is -3.19. The van der Waals surface area contributed by atoms with Gasteiger partial charge >= 0.3 is 0 Å². The van der Waals surface area contributed by atoms with E-state index in [0.717, 1.165) is 16.1 Å². The fourth-order valence-electron chi connectivity index (χ4n) is 2.16. The van der Waals surface area contributed by atoms with Gasteiger partial charge in [-0.1, -0.05) is 24.3 Å². The molecule has 0 radical (unpaired) electrons. The zero-order valence-corrected chi connectivity index (χ0v) is 14.1. The first kappa shape index (κ1) is 16.7. The summed E-state index contributed by atoms with van der Waals surface area (Å²) in [6.45, 7) is 1.99. The maximum Gasteiger partial charge on any atom is 0.283 e. The molecular weight excluding hydrogens is 338 g/mol. The van der Waals surface area contributed by atoms with E-state index in [-0.39, 0.29) is 17.4 Å². The number of aromatic nitrogens is 1. The highest BCUT2D eigenvalue weighted by Crippen LogP contribution is 2.27. The van der Waals surface area contributed by atoms with Crippen molar-refractivity contribution < 1.29 is 15.0 Å². The number of aryl methyl sites for hydroxylation is 1. The minimum atomic E-state index is -0.364. The van der Waals surface area contributed by atoms with Gasteiger partial charge in [0.1, 0.15) is 9.88 Å². The first-order valence-electron chi connectivity index (χ1n) is 7.42. The molecule has 0 saturated heterocycles. The maximum atomic E-state index is 12.1. The average molecular weight is 353 g/mol.